The van der Waals surface area contributed by atoms with Gasteiger partial charge in [0.1, 0.15) is 0 Å². The van der Waals surface area contributed by atoms with E-state index >= 15 is 0 Å². The summed E-state index contributed by atoms with van der Waals surface area (Å²) in [5, 5.41) is 0. The van der Waals surface area contributed by atoms with Gasteiger partial charge in [0, 0.05) is 0 Å². The SMILES string of the molecule is CC1=C2CC[C@H]3[C@@H]4CC[C@H]([C@H](C)CCCC(C)C)[C@@]4(C)CC[C@@H]3[C@@]2(C)CC[C@@H]1C. The fourth-order valence-electron chi connectivity index (χ4n) is 9.34. The number of rotatable bonds is 5. The fourth-order valence-corrected chi connectivity index (χ4v) is 9.34. The summed E-state index contributed by atoms with van der Waals surface area (Å²) in [6.45, 7) is 17.8. The molecule has 0 aliphatic heterocycles. The third-order valence-electron chi connectivity index (χ3n) is 11.2. The second kappa shape index (κ2) is 8.02. The van der Waals surface area contributed by atoms with Gasteiger partial charge in [-0.25, -0.2) is 0 Å². The smallest absolute Gasteiger partial charge is 0.00825 e. The van der Waals surface area contributed by atoms with Crippen LogP contribution in [-0.2, 0) is 0 Å². The molecule has 4 aliphatic rings. The van der Waals surface area contributed by atoms with Crippen LogP contribution >= 0.6 is 0 Å². The maximum atomic E-state index is 2.74. The average molecular weight is 399 g/mol. The summed E-state index contributed by atoms with van der Waals surface area (Å²) in [7, 11) is 0. The van der Waals surface area contributed by atoms with Gasteiger partial charge in [0.15, 0.2) is 0 Å². The van der Waals surface area contributed by atoms with Crippen LogP contribution in [0.25, 0.3) is 0 Å². The maximum absolute atomic E-state index is 2.74. The first-order valence-corrected chi connectivity index (χ1v) is 13.4. The second-order valence-electron chi connectivity index (χ2n) is 13.0. The van der Waals surface area contributed by atoms with Gasteiger partial charge in [0.05, 0.1) is 0 Å². The zero-order chi connectivity index (χ0) is 21.0. The van der Waals surface area contributed by atoms with Crippen LogP contribution in [0.15, 0.2) is 11.1 Å². The summed E-state index contributed by atoms with van der Waals surface area (Å²) in [5.41, 5.74) is 4.89. The molecule has 0 saturated heterocycles. The van der Waals surface area contributed by atoms with Gasteiger partial charge in [-0.05, 0) is 111 Å². The zero-order valence-corrected chi connectivity index (χ0v) is 20.8. The van der Waals surface area contributed by atoms with Crippen LogP contribution in [0.4, 0.5) is 0 Å². The van der Waals surface area contributed by atoms with E-state index in [1.54, 1.807) is 12.0 Å². The molecule has 3 fully saturated rings. The Hall–Kier alpha value is -0.260. The molecule has 0 aromatic carbocycles. The second-order valence-corrected chi connectivity index (χ2v) is 13.0. The van der Waals surface area contributed by atoms with Crippen molar-refractivity contribution in [1.29, 1.82) is 0 Å². The van der Waals surface area contributed by atoms with E-state index < -0.39 is 0 Å². The predicted molar refractivity (Wildman–Crippen MR) is 127 cm³/mol. The van der Waals surface area contributed by atoms with E-state index in [-0.39, 0.29) is 0 Å². The highest BCUT2D eigenvalue weighted by Crippen LogP contribution is 2.68. The van der Waals surface area contributed by atoms with E-state index in [9.17, 15) is 0 Å². The van der Waals surface area contributed by atoms with Gasteiger partial charge in [-0.2, -0.15) is 0 Å². The van der Waals surface area contributed by atoms with E-state index in [1.165, 1.54) is 64.2 Å². The largest absolute Gasteiger partial charge is 0.0707 e. The van der Waals surface area contributed by atoms with Crippen molar-refractivity contribution in [3.05, 3.63) is 11.1 Å². The van der Waals surface area contributed by atoms with E-state index in [4.69, 9.17) is 0 Å². The summed E-state index contributed by atoms with van der Waals surface area (Å²) >= 11 is 0. The topological polar surface area (TPSA) is 0 Å². The van der Waals surface area contributed by atoms with E-state index in [1.807, 2.05) is 5.57 Å². The quantitative estimate of drug-likeness (QED) is 0.405. The predicted octanol–water partition coefficient (Wildman–Crippen LogP) is 9.05. The molecule has 166 valence electrons. The Kier molecular flexibility index (Phi) is 6.07. The molecule has 0 unspecified atom stereocenters. The number of hydrogen-bond donors (Lipinski definition) is 0. The molecule has 0 amide bonds. The Labute approximate surface area is 182 Å². The highest BCUT2D eigenvalue weighted by atomic mass is 14.6. The molecule has 0 nitrogen and oxygen atoms in total. The molecular formula is C29H50. The van der Waals surface area contributed by atoms with E-state index in [0.29, 0.717) is 10.8 Å². The van der Waals surface area contributed by atoms with Crippen molar-refractivity contribution >= 4 is 0 Å². The molecule has 29 heavy (non-hydrogen) atoms. The fraction of sp³-hybridized carbons (Fsp3) is 0.931. The summed E-state index contributed by atoms with van der Waals surface area (Å²) in [5.74, 6) is 6.68. The van der Waals surface area contributed by atoms with Crippen LogP contribution in [0.2, 0.25) is 0 Å². The van der Waals surface area contributed by atoms with Crippen molar-refractivity contribution < 1.29 is 0 Å². The first kappa shape index (κ1) is 22.0. The monoisotopic (exact) mass is 398 g/mol. The van der Waals surface area contributed by atoms with Gasteiger partial charge >= 0.3 is 0 Å². The summed E-state index contributed by atoms with van der Waals surface area (Å²) in [4.78, 5) is 0. The lowest BCUT2D eigenvalue weighted by molar-refractivity contribution is -0.0611. The molecule has 0 heterocycles. The highest BCUT2D eigenvalue weighted by Gasteiger charge is 2.59. The van der Waals surface area contributed by atoms with Gasteiger partial charge in [-0.3, -0.25) is 0 Å². The molecule has 0 heteroatoms. The Bertz CT molecular complexity index is 626. The van der Waals surface area contributed by atoms with Gasteiger partial charge in [0.25, 0.3) is 0 Å². The molecule has 4 rings (SSSR count). The molecule has 0 N–H and O–H groups in total. The van der Waals surface area contributed by atoms with Crippen molar-refractivity contribution in [2.24, 2.45) is 52.3 Å². The summed E-state index contributed by atoms with van der Waals surface area (Å²) in [6.07, 6.45) is 16.3. The molecule has 0 aromatic heterocycles. The minimum absolute atomic E-state index is 0.543. The molecule has 0 aromatic rings. The van der Waals surface area contributed by atoms with Crippen LogP contribution in [0.1, 0.15) is 119 Å². The molecule has 3 saturated carbocycles. The Morgan fingerprint density at radius 2 is 1.66 bits per heavy atom. The summed E-state index contributed by atoms with van der Waals surface area (Å²) in [6, 6.07) is 0. The maximum Gasteiger partial charge on any atom is -0.00825 e. The van der Waals surface area contributed by atoms with Crippen molar-refractivity contribution in [3.63, 3.8) is 0 Å². The van der Waals surface area contributed by atoms with E-state index in [2.05, 4.69) is 48.5 Å². The minimum Gasteiger partial charge on any atom is -0.0707 e. The third kappa shape index (κ3) is 3.57. The zero-order valence-electron chi connectivity index (χ0n) is 20.8. The molecule has 4 aliphatic carbocycles. The minimum atomic E-state index is 0.543. The summed E-state index contributed by atoms with van der Waals surface area (Å²) < 4.78 is 0. The average Bonchev–Trinajstić information content (AvgIpc) is 3.02. The highest BCUT2D eigenvalue weighted by molar-refractivity contribution is 5.30. The normalized spacial score (nSPS) is 45.7. The molecule has 0 radical (unpaired) electrons. The molecule has 0 bridgehead atoms. The van der Waals surface area contributed by atoms with Crippen LogP contribution in [0.3, 0.4) is 0 Å². The van der Waals surface area contributed by atoms with E-state index in [0.717, 1.165) is 41.4 Å². The van der Waals surface area contributed by atoms with Crippen LogP contribution in [0, 0.1) is 52.3 Å². The number of fused-ring (bicyclic) bond motifs is 5. The van der Waals surface area contributed by atoms with Crippen LogP contribution in [-0.4, -0.2) is 0 Å². The van der Waals surface area contributed by atoms with Crippen molar-refractivity contribution in [3.8, 4) is 0 Å². The van der Waals surface area contributed by atoms with Gasteiger partial charge in [-0.1, -0.05) is 72.0 Å². The van der Waals surface area contributed by atoms with Crippen LogP contribution in [0.5, 0.6) is 0 Å². The molecule has 8 atom stereocenters. The lowest BCUT2D eigenvalue weighted by Crippen LogP contribution is -2.51. The van der Waals surface area contributed by atoms with Gasteiger partial charge < -0.3 is 0 Å². The van der Waals surface area contributed by atoms with Crippen LogP contribution < -0.4 is 0 Å². The Balaban J connectivity index is 1.51. The third-order valence-corrected chi connectivity index (χ3v) is 11.2. The lowest BCUT2D eigenvalue weighted by atomic mass is 9.45. The first-order chi connectivity index (χ1) is 13.7. The van der Waals surface area contributed by atoms with Gasteiger partial charge in [-0.15, -0.1) is 0 Å². The van der Waals surface area contributed by atoms with Gasteiger partial charge in [0.2, 0.25) is 0 Å². The number of allylic oxidation sites excluding steroid dienone is 2. The Morgan fingerprint density at radius 1 is 0.897 bits per heavy atom. The van der Waals surface area contributed by atoms with Crippen molar-refractivity contribution in [1.82, 2.24) is 0 Å². The first-order valence-electron chi connectivity index (χ1n) is 13.4. The van der Waals surface area contributed by atoms with Crippen molar-refractivity contribution in [2.75, 3.05) is 0 Å². The van der Waals surface area contributed by atoms with Crippen molar-refractivity contribution in [2.45, 2.75) is 119 Å². The Morgan fingerprint density at radius 3 is 2.38 bits per heavy atom. The molecule has 0 spiro atoms. The molecular weight excluding hydrogens is 348 g/mol. The lowest BCUT2D eigenvalue weighted by Gasteiger charge is -2.59. The standard InChI is InChI=1S/C29H50/c1-19(2)9-8-10-21(4)24-13-14-26-23-11-12-25-22(5)20(3)15-17-29(25,7)27(23)16-18-28(24,26)6/h19-21,23-24,26-27H,8-18H2,1-7H3/t20-,21+,23-,24+,26-,27-,28+,29-/m0/s1. The number of hydrogen-bond acceptors (Lipinski definition) is 0.